The van der Waals surface area contributed by atoms with Gasteiger partial charge in [-0.25, -0.2) is 8.42 Å². The third-order valence-corrected chi connectivity index (χ3v) is 4.78. The van der Waals surface area contributed by atoms with E-state index in [4.69, 9.17) is 11.1 Å². The van der Waals surface area contributed by atoms with Crippen molar-refractivity contribution in [1.82, 2.24) is 4.31 Å². The zero-order chi connectivity index (χ0) is 10.2. The quantitative estimate of drug-likeness (QED) is 0.489. The van der Waals surface area contributed by atoms with E-state index < -0.39 is 16.1 Å². The molecule has 0 amide bonds. The van der Waals surface area contributed by atoms with E-state index in [1.54, 1.807) is 6.92 Å². The van der Waals surface area contributed by atoms with Crippen molar-refractivity contribution in [3.63, 3.8) is 0 Å². The van der Waals surface area contributed by atoms with Crippen LogP contribution in [0.2, 0.25) is 0 Å². The largest absolute Gasteiger partial charge is 0.386 e. The van der Waals surface area contributed by atoms with E-state index in [1.807, 2.05) is 0 Å². The van der Waals surface area contributed by atoms with Crippen LogP contribution >= 0.6 is 0 Å². The van der Waals surface area contributed by atoms with E-state index in [2.05, 4.69) is 0 Å². The van der Waals surface area contributed by atoms with Crippen LogP contribution in [-0.2, 0) is 10.0 Å². The van der Waals surface area contributed by atoms with Gasteiger partial charge in [-0.1, -0.05) is 0 Å². The summed E-state index contributed by atoms with van der Waals surface area (Å²) < 4.78 is 24.4. The van der Waals surface area contributed by atoms with Crippen LogP contribution in [0.5, 0.6) is 0 Å². The smallest absolute Gasteiger partial charge is 0.217 e. The summed E-state index contributed by atoms with van der Waals surface area (Å²) in [6.07, 6.45) is 1.47. The predicted molar refractivity (Wildman–Crippen MR) is 51.1 cm³/mol. The lowest BCUT2D eigenvalue weighted by Gasteiger charge is -2.22. The molecule has 0 radical (unpaired) electrons. The highest BCUT2D eigenvalue weighted by molar-refractivity contribution is 7.90. The predicted octanol–water partition coefficient (Wildman–Crippen LogP) is -0.265. The summed E-state index contributed by atoms with van der Waals surface area (Å²) in [4.78, 5) is 0. The fraction of sp³-hybridized carbons (Fsp3) is 0.857. The Morgan fingerprint density at radius 3 is 2.38 bits per heavy atom. The van der Waals surface area contributed by atoms with Crippen molar-refractivity contribution in [1.29, 1.82) is 5.41 Å². The van der Waals surface area contributed by atoms with Crippen LogP contribution in [0.1, 0.15) is 19.8 Å². The Kier molecular flexibility index (Phi) is 2.63. The van der Waals surface area contributed by atoms with E-state index in [1.165, 1.54) is 11.4 Å². The molecule has 0 bridgehead atoms. The van der Waals surface area contributed by atoms with Crippen molar-refractivity contribution in [2.24, 2.45) is 5.73 Å². The maximum absolute atomic E-state index is 11.6. The Balaban J connectivity index is 2.76. The van der Waals surface area contributed by atoms with Crippen LogP contribution in [0.4, 0.5) is 0 Å². The number of hydrogen-bond acceptors (Lipinski definition) is 3. The van der Waals surface area contributed by atoms with E-state index in [0.717, 1.165) is 12.8 Å². The van der Waals surface area contributed by atoms with Crippen LogP contribution in [0.3, 0.4) is 0 Å². The lowest BCUT2D eigenvalue weighted by molar-refractivity contribution is 0.447. The van der Waals surface area contributed by atoms with Crippen LogP contribution < -0.4 is 5.73 Å². The topological polar surface area (TPSA) is 87.2 Å². The van der Waals surface area contributed by atoms with Gasteiger partial charge in [0.05, 0.1) is 11.3 Å². The molecule has 1 fully saturated rings. The minimum absolute atomic E-state index is 0.119. The van der Waals surface area contributed by atoms with Crippen molar-refractivity contribution in [3.8, 4) is 0 Å². The van der Waals surface area contributed by atoms with Crippen molar-refractivity contribution in [3.05, 3.63) is 0 Å². The normalized spacial score (nSPS) is 20.2. The molecule has 1 rings (SSSR count). The molecule has 0 aromatic heterocycles. The number of hydrogen-bond donors (Lipinski definition) is 2. The fourth-order valence-corrected chi connectivity index (χ4v) is 2.77. The molecule has 0 aromatic rings. The zero-order valence-electron chi connectivity index (χ0n) is 7.82. The first-order chi connectivity index (χ1) is 5.87. The van der Waals surface area contributed by atoms with E-state index in [-0.39, 0.29) is 11.1 Å². The van der Waals surface area contributed by atoms with Gasteiger partial charge in [0.1, 0.15) is 5.84 Å². The lowest BCUT2D eigenvalue weighted by atomic mass is 10.3. The van der Waals surface area contributed by atoms with E-state index in [9.17, 15) is 8.42 Å². The molecule has 1 atom stereocenters. The fourth-order valence-electron chi connectivity index (χ4n) is 1.02. The molecule has 13 heavy (non-hydrogen) atoms. The van der Waals surface area contributed by atoms with Gasteiger partial charge in [-0.2, -0.15) is 4.31 Å². The Morgan fingerprint density at radius 2 is 2.08 bits per heavy atom. The van der Waals surface area contributed by atoms with Crippen molar-refractivity contribution < 1.29 is 8.42 Å². The molecular formula is C7H15N3O2S. The molecule has 5 nitrogen and oxygen atoms in total. The second-order valence-corrected chi connectivity index (χ2v) is 5.66. The number of amidine groups is 1. The summed E-state index contributed by atoms with van der Waals surface area (Å²) in [6, 6.07) is -0.536. The van der Waals surface area contributed by atoms with Crippen LogP contribution in [0.15, 0.2) is 0 Å². The van der Waals surface area contributed by atoms with Crippen molar-refractivity contribution in [2.45, 2.75) is 31.1 Å². The second-order valence-electron chi connectivity index (χ2n) is 3.39. The summed E-state index contributed by atoms with van der Waals surface area (Å²) in [7, 11) is -1.73. The average Bonchev–Trinajstić information content (AvgIpc) is 2.83. The average molecular weight is 205 g/mol. The number of nitrogens with one attached hydrogen (secondary N) is 1. The highest BCUT2D eigenvalue weighted by Crippen LogP contribution is 2.30. The molecule has 1 unspecified atom stereocenters. The van der Waals surface area contributed by atoms with Gasteiger partial charge in [0.25, 0.3) is 0 Å². The van der Waals surface area contributed by atoms with Gasteiger partial charge in [0, 0.05) is 7.05 Å². The van der Waals surface area contributed by atoms with Gasteiger partial charge in [0.2, 0.25) is 10.0 Å². The summed E-state index contributed by atoms with van der Waals surface area (Å²) >= 11 is 0. The molecule has 6 heteroatoms. The van der Waals surface area contributed by atoms with Gasteiger partial charge in [-0.05, 0) is 19.8 Å². The van der Waals surface area contributed by atoms with Crippen LogP contribution in [0, 0.1) is 5.41 Å². The molecule has 0 spiro atoms. The molecule has 76 valence electrons. The third kappa shape index (κ3) is 2.00. The lowest BCUT2D eigenvalue weighted by Crippen LogP contribution is -2.44. The van der Waals surface area contributed by atoms with Gasteiger partial charge in [-0.3, -0.25) is 5.41 Å². The summed E-state index contributed by atoms with van der Waals surface area (Å²) in [5, 5.41) is 6.91. The van der Waals surface area contributed by atoms with Gasteiger partial charge >= 0.3 is 0 Å². The molecule has 0 heterocycles. The Labute approximate surface area is 78.5 Å². The standard InChI is InChI=1S/C7H15N3O2S/c1-5(7(8)9)10(2)13(11,12)6-3-4-6/h5-6H,3-4H2,1-2H3,(H3,8,9). The maximum Gasteiger partial charge on any atom is 0.217 e. The van der Waals surface area contributed by atoms with Crippen LogP contribution in [-0.4, -0.2) is 36.9 Å². The minimum Gasteiger partial charge on any atom is -0.386 e. The number of rotatable bonds is 4. The first kappa shape index (κ1) is 10.5. The summed E-state index contributed by atoms with van der Waals surface area (Å²) in [5.41, 5.74) is 5.23. The monoisotopic (exact) mass is 205 g/mol. The molecular weight excluding hydrogens is 190 g/mol. The van der Waals surface area contributed by atoms with Crippen LogP contribution in [0.25, 0.3) is 0 Å². The Bertz CT molecular complexity index is 308. The van der Waals surface area contributed by atoms with Crippen molar-refractivity contribution in [2.75, 3.05) is 7.05 Å². The number of likely N-dealkylation sites (N-methyl/N-ethyl adjacent to an activating group) is 1. The Morgan fingerprint density at radius 1 is 1.62 bits per heavy atom. The highest BCUT2D eigenvalue weighted by atomic mass is 32.2. The zero-order valence-corrected chi connectivity index (χ0v) is 8.63. The first-order valence-corrected chi connectivity index (χ1v) is 5.68. The van der Waals surface area contributed by atoms with Gasteiger partial charge < -0.3 is 5.73 Å². The third-order valence-electron chi connectivity index (χ3n) is 2.34. The number of nitrogens with zero attached hydrogens (tertiary/aromatic N) is 1. The van der Waals surface area contributed by atoms with Gasteiger partial charge in [0.15, 0.2) is 0 Å². The summed E-state index contributed by atoms with van der Waals surface area (Å²) in [6.45, 7) is 1.61. The number of sulfonamides is 1. The number of nitrogens with two attached hydrogens (primary N) is 1. The molecule has 0 aliphatic heterocycles. The van der Waals surface area contributed by atoms with Gasteiger partial charge in [-0.15, -0.1) is 0 Å². The molecule has 0 saturated heterocycles. The summed E-state index contributed by atoms with van der Waals surface area (Å²) in [5.74, 6) is -0.119. The SMILES string of the molecule is CC(C(=N)N)N(C)S(=O)(=O)C1CC1. The molecule has 3 N–H and O–H groups in total. The first-order valence-electron chi connectivity index (χ1n) is 4.18. The molecule has 1 saturated carbocycles. The van der Waals surface area contributed by atoms with Crippen molar-refractivity contribution >= 4 is 15.9 Å². The highest BCUT2D eigenvalue weighted by Gasteiger charge is 2.40. The Hall–Kier alpha value is -0.620. The second kappa shape index (κ2) is 3.26. The minimum atomic E-state index is -3.20. The van der Waals surface area contributed by atoms with E-state index >= 15 is 0 Å². The maximum atomic E-state index is 11.6. The molecule has 1 aliphatic rings. The molecule has 0 aromatic carbocycles. The molecule has 1 aliphatic carbocycles. The van der Waals surface area contributed by atoms with E-state index in [0.29, 0.717) is 0 Å².